The van der Waals surface area contributed by atoms with Crippen LogP contribution in [0.25, 0.3) is 0 Å². The molecule has 1 aromatic carbocycles. The molecule has 1 fully saturated rings. The van der Waals surface area contributed by atoms with Crippen molar-refractivity contribution in [3.63, 3.8) is 0 Å². The molecular formula is C13H18. The fourth-order valence-electron chi connectivity index (χ4n) is 2.55. The molecule has 0 N–H and O–H groups in total. The summed E-state index contributed by atoms with van der Waals surface area (Å²) < 4.78 is 0. The van der Waals surface area contributed by atoms with Crippen molar-refractivity contribution in [2.45, 2.75) is 32.6 Å². The molecule has 70 valence electrons. The molecule has 0 aliphatic heterocycles. The van der Waals surface area contributed by atoms with Gasteiger partial charge in [0, 0.05) is 0 Å². The van der Waals surface area contributed by atoms with Crippen LogP contribution in [-0.2, 0) is 0 Å². The third-order valence-electron chi connectivity index (χ3n) is 3.37. The van der Waals surface area contributed by atoms with Crippen LogP contribution >= 0.6 is 0 Å². The van der Waals surface area contributed by atoms with E-state index in [9.17, 15) is 0 Å². The Morgan fingerprint density at radius 2 is 1.85 bits per heavy atom. The van der Waals surface area contributed by atoms with E-state index in [2.05, 4.69) is 44.2 Å². The average molecular weight is 174 g/mol. The summed E-state index contributed by atoms with van der Waals surface area (Å²) in [6.45, 7) is 4.67. The molecule has 0 heterocycles. The lowest BCUT2D eigenvalue weighted by Gasteiger charge is -1.97. The van der Waals surface area contributed by atoms with E-state index in [4.69, 9.17) is 0 Å². The summed E-state index contributed by atoms with van der Waals surface area (Å²) in [7, 11) is 0. The average Bonchev–Trinajstić information content (AvgIpc) is 2.79. The van der Waals surface area contributed by atoms with Gasteiger partial charge >= 0.3 is 0 Å². The van der Waals surface area contributed by atoms with Crippen molar-refractivity contribution in [2.24, 2.45) is 11.8 Å². The highest BCUT2D eigenvalue weighted by atomic mass is 14.5. The van der Waals surface area contributed by atoms with E-state index in [0.29, 0.717) is 0 Å². The Kier molecular flexibility index (Phi) is 2.39. The third-order valence-corrected chi connectivity index (χ3v) is 3.37. The molecule has 1 saturated carbocycles. The number of rotatable bonds is 3. The Bertz CT molecular complexity index is 263. The molecule has 1 aliphatic carbocycles. The van der Waals surface area contributed by atoms with Crippen LogP contribution in [0.1, 0.15) is 38.2 Å². The molecule has 2 rings (SSSR count). The lowest BCUT2D eigenvalue weighted by molar-refractivity contribution is 0.653. The lowest BCUT2D eigenvalue weighted by Crippen LogP contribution is -1.82. The molecule has 13 heavy (non-hydrogen) atoms. The van der Waals surface area contributed by atoms with Gasteiger partial charge in [-0.25, -0.2) is 0 Å². The molecular weight excluding hydrogens is 156 g/mol. The van der Waals surface area contributed by atoms with Crippen molar-refractivity contribution in [3.05, 3.63) is 35.9 Å². The van der Waals surface area contributed by atoms with Gasteiger partial charge in [0.05, 0.1) is 0 Å². The van der Waals surface area contributed by atoms with Crippen molar-refractivity contribution in [1.29, 1.82) is 0 Å². The van der Waals surface area contributed by atoms with Gasteiger partial charge in [-0.2, -0.15) is 0 Å². The SMILES string of the molecule is CCC[C@@H]1C(c2ccccc2)[C@@H]1C. The third kappa shape index (κ3) is 1.63. The highest BCUT2D eigenvalue weighted by Gasteiger charge is 2.45. The summed E-state index contributed by atoms with van der Waals surface area (Å²) >= 11 is 0. The molecule has 1 unspecified atom stereocenters. The largest absolute Gasteiger partial charge is 0.0654 e. The second kappa shape index (κ2) is 3.53. The van der Waals surface area contributed by atoms with Crippen molar-refractivity contribution < 1.29 is 0 Å². The quantitative estimate of drug-likeness (QED) is 0.653. The van der Waals surface area contributed by atoms with E-state index >= 15 is 0 Å². The summed E-state index contributed by atoms with van der Waals surface area (Å²) in [6.07, 6.45) is 2.74. The molecule has 0 bridgehead atoms. The molecule has 0 saturated heterocycles. The van der Waals surface area contributed by atoms with Gasteiger partial charge in [0.1, 0.15) is 0 Å². The Labute approximate surface area is 81.0 Å². The molecule has 0 spiro atoms. The fraction of sp³-hybridized carbons (Fsp3) is 0.538. The van der Waals surface area contributed by atoms with Crippen LogP contribution in [0.5, 0.6) is 0 Å². The minimum absolute atomic E-state index is 0.862. The molecule has 0 aromatic heterocycles. The van der Waals surface area contributed by atoms with Crippen molar-refractivity contribution in [2.75, 3.05) is 0 Å². The zero-order valence-electron chi connectivity index (χ0n) is 8.53. The van der Waals surface area contributed by atoms with Crippen molar-refractivity contribution in [3.8, 4) is 0 Å². The topological polar surface area (TPSA) is 0 Å². The van der Waals surface area contributed by atoms with Crippen LogP contribution < -0.4 is 0 Å². The lowest BCUT2D eigenvalue weighted by atomic mass is 10.1. The summed E-state index contributed by atoms with van der Waals surface area (Å²) in [5.74, 6) is 2.75. The van der Waals surface area contributed by atoms with Crippen LogP contribution in [-0.4, -0.2) is 0 Å². The van der Waals surface area contributed by atoms with Crippen molar-refractivity contribution in [1.82, 2.24) is 0 Å². The van der Waals surface area contributed by atoms with Crippen LogP contribution in [0.2, 0.25) is 0 Å². The predicted octanol–water partition coefficient (Wildman–Crippen LogP) is 3.84. The molecule has 0 radical (unpaired) electrons. The zero-order chi connectivity index (χ0) is 9.26. The summed E-state index contributed by atoms with van der Waals surface area (Å²) in [5, 5.41) is 0. The first kappa shape index (κ1) is 8.80. The van der Waals surface area contributed by atoms with Crippen LogP contribution in [0.4, 0.5) is 0 Å². The van der Waals surface area contributed by atoms with E-state index in [0.717, 1.165) is 17.8 Å². The van der Waals surface area contributed by atoms with Gasteiger partial charge in [-0.1, -0.05) is 50.6 Å². The van der Waals surface area contributed by atoms with E-state index in [1.807, 2.05) is 0 Å². The first-order chi connectivity index (χ1) is 6.34. The molecule has 1 aromatic rings. The minimum atomic E-state index is 0.862. The first-order valence-electron chi connectivity index (χ1n) is 5.39. The number of hydrogen-bond acceptors (Lipinski definition) is 0. The second-order valence-corrected chi connectivity index (χ2v) is 4.25. The van der Waals surface area contributed by atoms with E-state index < -0.39 is 0 Å². The normalized spacial score (nSPS) is 31.7. The summed E-state index contributed by atoms with van der Waals surface area (Å²) in [5.41, 5.74) is 1.55. The maximum absolute atomic E-state index is 2.39. The maximum Gasteiger partial charge on any atom is -0.0102 e. The van der Waals surface area contributed by atoms with Gasteiger partial charge in [-0.05, 0) is 29.7 Å². The monoisotopic (exact) mass is 174 g/mol. The number of hydrogen-bond donors (Lipinski definition) is 0. The van der Waals surface area contributed by atoms with E-state index in [1.54, 1.807) is 5.56 Å². The van der Waals surface area contributed by atoms with E-state index in [-0.39, 0.29) is 0 Å². The van der Waals surface area contributed by atoms with Gasteiger partial charge in [-0.15, -0.1) is 0 Å². The maximum atomic E-state index is 2.39. The zero-order valence-corrected chi connectivity index (χ0v) is 8.53. The van der Waals surface area contributed by atoms with Gasteiger partial charge < -0.3 is 0 Å². The van der Waals surface area contributed by atoms with Crippen LogP contribution in [0.15, 0.2) is 30.3 Å². The van der Waals surface area contributed by atoms with Gasteiger partial charge in [-0.3, -0.25) is 0 Å². The fourth-order valence-corrected chi connectivity index (χ4v) is 2.55. The van der Waals surface area contributed by atoms with Gasteiger partial charge in [0.25, 0.3) is 0 Å². The predicted molar refractivity (Wildman–Crippen MR) is 56.7 cm³/mol. The van der Waals surface area contributed by atoms with Gasteiger partial charge in [0.2, 0.25) is 0 Å². The van der Waals surface area contributed by atoms with E-state index in [1.165, 1.54) is 12.8 Å². The van der Waals surface area contributed by atoms with Gasteiger partial charge in [0.15, 0.2) is 0 Å². The minimum Gasteiger partial charge on any atom is -0.0654 e. The standard InChI is InChI=1S/C13H18/c1-3-7-12-10(2)13(12)11-8-5-4-6-9-11/h4-6,8-10,12-13H,3,7H2,1-2H3/t10-,12+,13?/m1/s1. The smallest absolute Gasteiger partial charge is 0.0102 e. The molecule has 0 amide bonds. The first-order valence-corrected chi connectivity index (χ1v) is 5.39. The Balaban J connectivity index is 2.05. The number of benzene rings is 1. The highest BCUT2D eigenvalue weighted by Crippen LogP contribution is 2.55. The molecule has 0 heteroatoms. The summed E-state index contributed by atoms with van der Waals surface area (Å²) in [6, 6.07) is 11.0. The Morgan fingerprint density at radius 3 is 2.46 bits per heavy atom. The highest BCUT2D eigenvalue weighted by molar-refractivity contribution is 5.27. The molecule has 1 aliphatic rings. The van der Waals surface area contributed by atoms with Crippen LogP contribution in [0, 0.1) is 11.8 Å². The Morgan fingerprint density at radius 1 is 1.15 bits per heavy atom. The van der Waals surface area contributed by atoms with Crippen molar-refractivity contribution >= 4 is 0 Å². The van der Waals surface area contributed by atoms with Crippen LogP contribution in [0.3, 0.4) is 0 Å². The molecule has 3 atom stereocenters. The second-order valence-electron chi connectivity index (χ2n) is 4.25. The molecule has 0 nitrogen and oxygen atoms in total. The summed E-state index contributed by atoms with van der Waals surface area (Å²) in [4.78, 5) is 0. The Hall–Kier alpha value is -0.780.